The molecule has 0 saturated carbocycles. The molecule has 1 saturated heterocycles. The Kier molecular flexibility index (Phi) is 3.69. The molecule has 1 aliphatic heterocycles. The molecule has 3 rings (SSSR count). The van der Waals surface area contributed by atoms with Crippen molar-refractivity contribution in [2.75, 3.05) is 26.8 Å². The van der Waals surface area contributed by atoms with Gasteiger partial charge in [-0.25, -0.2) is 9.97 Å². The average molecular weight is 275 g/mol. The van der Waals surface area contributed by atoms with Crippen molar-refractivity contribution in [3.05, 3.63) is 24.3 Å². The van der Waals surface area contributed by atoms with Gasteiger partial charge in [-0.1, -0.05) is 0 Å². The molecule has 0 atom stereocenters. The minimum absolute atomic E-state index is 0.158. The van der Waals surface area contributed by atoms with Gasteiger partial charge in [-0.2, -0.15) is 0 Å². The molecule has 1 aliphatic rings. The first-order chi connectivity index (χ1) is 9.70. The van der Waals surface area contributed by atoms with Gasteiger partial charge in [-0.05, 0) is 18.4 Å². The largest absolute Gasteiger partial charge is 0.383 e. The maximum Gasteiger partial charge on any atom is 0.140 e. The lowest BCUT2D eigenvalue weighted by molar-refractivity contribution is 0.0750. The number of aromatic amines is 1. The van der Waals surface area contributed by atoms with Gasteiger partial charge < -0.3 is 15.5 Å². The van der Waals surface area contributed by atoms with Crippen molar-refractivity contribution >= 4 is 11.0 Å². The highest BCUT2D eigenvalue weighted by molar-refractivity contribution is 5.78. The lowest BCUT2D eigenvalue weighted by Gasteiger charge is -2.38. The highest BCUT2D eigenvalue weighted by Crippen LogP contribution is 2.23. The molecule has 108 valence electrons. The minimum Gasteiger partial charge on any atom is -0.383 e. The third kappa shape index (κ3) is 2.67. The molecular weight excluding hydrogens is 254 g/mol. The first kappa shape index (κ1) is 13.5. The number of H-pyrrole nitrogens is 1. The van der Waals surface area contributed by atoms with Crippen LogP contribution in [-0.2, 0) is 11.3 Å². The topological polar surface area (TPSA) is 80.1 Å². The van der Waals surface area contributed by atoms with Crippen LogP contribution in [0.25, 0.3) is 11.0 Å². The van der Waals surface area contributed by atoms with Crippen LogP contribution in [0.2, 0.25) is 0 Å². The Balaban J connectivity index is 1.65. The standard InChI is InChI=1S/C14H21N5O/c1-20-9-14(15)2-4-19(5-3-14)8-11-6-17-13-12(11)7-16-10-18-13/h6-7,10H,2-5,8-9,15H2,1H3,(H,16,17,18). The van der Waals surface area contributed by atoms with Gasteiger partial charge in [-0.15, -0.1) is 0 Å². The Hall–Kier alpha value is -1.50. The average Bonchev–Trinajstić information content (AvgIpc) is 2.85. The molecule has 6 nitrogen and oxygen atoms in total. The second-order valence-electron chi connectivity index (χ2n) is 5.67. The third-order valence-electron chi connectivity index (χ3n) is 4.12. The van der Waals surface area contributed by atoms with Crippen LogP contribution in [0.3, 0.4) is 0 Å². The number of ether oxygens (including phenoxy) is 1. The lowest BCUT2D eigenvalue weighted by atomic mass is 9.89. The maximum atomic E-state index is 6.32. The number of fused-ring (bicyclic) bond motifs is 1. The smallest absolute Gasteiger partial charge is 0.140 e. The number of likely N-dealkylation sites (tertiary alicyclic amines) is 1. The summed E-state index contributed by atoms with van der Waals surface area (Å²) in [6, 6.07) is 0. The van der Waals surface area contributed by atoms with E-state index in [-0.39, 0.29) is 5.54 Å². The van der Waals surface area contributed by atoms with Crippen molar-refractivity contribution in [1.82, 2.24) is 19.9 Å². The molecule has 0 bridgehead atoms. The SMILES string of the molecule is COCC1(N)CCN(Cc2c[nH]c3ncncc23)CC1. The van der Waals surface area contributed by atoms with Crippen molar-refractivity contribution < 1.29 is 4.74 Å². The number of rotatable bonds is 4. The zero-order chi connectivity index (χ0) is 14.0. The molecule has 0 aliphatic carbocycles. The molecule has 20 heavy (non-hydrogen) atoms. The van der Waals surface area contributed by atoms with Crippen molar-refractivity contribution in [3.63, 3.8) is 0 Å². The number of hydrogen-bond donors (Lipinski definition) is 2. The number of aromatic nitrogens is 3. The van der Waals surface area contributed by atoms with E-state index in [2.05, 4.69) is 19.9 Å². The first-order valence-corrected chi connectivity index (χ1v) is 6.96. The summed E-state index contributed by atoms with van der Waals surface area (Å²) in [5, 5.41) is 1.11. The predicted molar refractivity (Wildman–Crippen MR) is 77.2 cm³/mol. The van der Waals surface area contributed by atoms with Gasteiger partial charge in [0.05, 0.1) is 6.61 Å². The molecule has 2 aromatic rings. The Morgan fingerprint density at radius 3 is 3.00 bits per heavy atom. The number of methoxy groups -OCH3 is 1. The number of nitrogens with zero attached hydrogens (tertiary/aromatic N) is 3. The van der Waals surface area contributed by atoms with E-state index < -0.39 is 0 Å². The fraction of sp³-hybridized carbons (Fsp3) is 0.571. The first-order valence-electron chi connectivity index (χ1n) is 6.96. The fourth-order valence-corrected chi connectivity index (χ4v) is 2.87. The van der Waals surface area contributed by atoms with Crippen molar-refractivity contribution in [2.45, 2.75) is 24.9 Å². The van der Waals surface area contributed by atoms with E-state index in [1.54, 1.807) is 13.4 Å². The molecule has 2 aromatic heterocycles. The minimum atomic E-state index is -0.158. The normalized spacial score (nSPS) is 19.5. The highest BCUT2D eigenvalue weighted by Gasteiger charge is 2.30. The van der Waals surface area contributed by atoms with Crippen molar-refractivity contribution in [3.8, 4) is 0 Å². The number of piperidine rings is 1. The fourth-order valence-electron chi connectivity index (χ4n) is 2.87. The maximum absolute atomic E-state index is 6.32. The van der Waals surface area contributed by atoms with E-state index >= 15 is 0 Å². The van der Waals surface area contributed by atoms with E-state index in [1.807, 2.05) is 12.4 Å². The number of nitrogens with one attached hydrogen (secondary N) is 1. The summed E-state index contributed by atoms with van der Waals surface area (Å²) in [7, 11) is 1.72. The summed E-state index contributed by atoms with van der Waals surface area (Å²) in [5.74, 6) is 0. The quantitative estimate of drug-likeness (QED) is 0.866. The van der Waals surface area contributed by atoms with Crippen LogP contribution < -0.4 is 5.73 Å². The summed E-state index contributed by atoms with van der Waals surface area (Å²) in [6.07, 6.45) is 7.41. The van der Waals surface area contributed by atoms with Crippen LogP contribution in [-0.4, -0.2) is 52.2 Å². The molecule has 0 unspecified atom stereocenters. The van der Waals surface area contributed by atoms with Crippen LogP contribution in [0.5, 0.6) is 0 Å². The van der Waals surface area contributed by atoms with Crippen molar-refractivity contribution in [2.24, 2.45) is 5.73 Å². The summed E-state index contributed by atoms with van der Waals surface area (Å²) in [4.78, 5) is 13.9. The zero-order valence-electron chi connectivity index (χ0n) is 11.8. The van der Waals surface area contributed by atoms with Crippen LogP contribution >= 0.6 is 0 Å². The Morgan fingerprint density at radius 2 is 2.25 bits per heavy atom. The molecule has 0 aromatic carbocycles. The molecule has 6 heteroatoms. The van der Waals surface area contributed by atoms with Crippen LogP contribution in [0.15, 0.2) is 18.7 Å². The van der Waals surface area contributed by atoms with Gasteiger partial charge in [-0.3, -0.25) is 4.90 Å². The lowest BCUT2D eigenvalue weighted by Crippen LogP contribution is -2.52. The van der Waals surface area contributed by atoms with E-state index in [4.69, 9.17) is 10.5 Å². The van der Waals surface area contributed by atoms with Gasteiger partial charge in [0.25, 0.3) is 0 Å². The summed E-state index contributed by atoms with van der Waals surface area (Å²) >= 11 is 0. The second-order valence-corrected chi connectivity index (χ2v) is 5.67. The molecule has 1 fully saturated rings. The second kappa shape index (κ2) is 5.47. The molecule has 3 heterocycles. The summed E-state index contributed by atoms with van der Waals surface area (Å²) < 4.78 is 5.22. The van der Waals surface area contributed by atoms with E-state index in [0.29, 0.717) is 6.61 Å². The third-order valence-corrected chi connectivity index (χ3v) is 4.12. The molecule has 0 amide bonds. The molecule has 3 N–H and O–H groups in total. The monoisotopic (exact) mass is 275 g/mol. The van der Waals surface area contributed by atoms with Gasteiger partial charge in [0, 0.05) is 50.1 Å². The van der Waals surface area contributed by atoms with E-state index in [1.165, 1.54) is 5.56 Å². The molecule has 0 radical (unpaired) electrons. The van der Waals surface area contributed by atoms with Crippen LogP contribution in [0, 0.1) is 0 Å². The van der Waals surface area contributed by atoms with Gasteiger partial charge >= 0.3 is 0 Å². The highest BCUT2D eigenvalue weighted by atomic mass is 16.5. The van der Waals surface area contributed by atoms with Crippen LogP contribution in [0.4, 0.5) is 0 Å². The number of nitrogens with two attached hydrogens (primary N) is 1. The molecule has 0 spiro atoms. The van der Waals surface area contributed by atoms with Gasteiger partial charge in [0.2, 0.25) is 0 Å². The van der Waals surface area contributed by atoms with Gasteiger partial charge in [0.1, 0.15) is 12.0 Å². The van der Waals surface area contributed by atoms with E-state index in [0.717, 1.165) is 43.5 Å². The number of hydrogen-bond acceptors (Lipinski definition) is 5. The predicted octanol–water partition coefficient (Wildman–Crippen LogP) is 0.898. The molecular formula is C14H21N5O. The zero-order valence-corrected chi connectivity index (χ0v) is 11.8. The summed E-state index contributed by atoms with van der Waals surface area (Å²) in [5.41, 5.74) is 8.31. The Morgan fingerprint density at radius 1 is 1.45 bits per heavy atom. The van der Waals surface area contributed by atoms with E-state index in [9.17, 15) is 0 Å². The van der Waals surface area contributed by atoms with Crippen molar-refractivity contribution in [1.29, 1.82) is 0 Å². The van der Waals surface area contributed by atoms with Gasteiger partial charge in [0.15, 0.2) is 0 Å². The Labute approximate surface area is 118 Å². The Bertz CT molecular complexity index is 574. The summed E-state index contributed by atoms with van der Waals surface area (Å²) in [6.45, 7) is 3.55. The van der Waals surface area contributed by atoms with Crippen LogP contribution in [0.1, 0.15) is 18.4 Å².